The average Bonchev–Trinajstić information content (AvgIpc) is 2.96. The molecule has 90 valence electrons. The topological polar surface area (TPSA) is 47.3 Å². The highest BCUT2D eigenvalue weighted by Gasteiger charge is 2.36. The van der Waals surface area contributed by atoms with E-state index in [2.05, 4.69) is 11.0 Å². The molecule has 3 heteroatoms. The van der Waals surface area contributed by atoms with E-state index in [1.165, 1.54) is 32.1 Å². The zero-order chi connectivity index (χ0) is 11.4. The van der Waals surface area contributed by atoms with Crippen LogP contribution in [0.4, 0.5) is 0 Å². The van der Waals surface area contributed by atoms with Crippen molar-refractivity contribution in [2.24, 2.45) is 5.92 Å². The molecule has 0 amide bonds. The third-order valence-electron chi connectivity index (χ3n) is 4.22. The molecule has 0 spiro atoms. The molecule has 16 heavy (non-hydrogen) atoms. The molecule has 2 rings (SSSR count). The largest absolute Gasteiger partial charge is 0.395 e. The van der Waals surface area contributed by atoms with E-state index in [0.717, 1.165) is 19.4 Å². The molecule has 0 aromatic heterocycles. The maximum atomic E-state index is 9.19. The molecule has 2 saturated carbocycles. The maximum Gasteiger partial charge on any atom is 0.0672 e. The minimum atomic E-state index is 0.201. The van der Waals surface area contributed by atoms with Crippen LogP contribution in [0.15, 0.2) is 0 Å². The fourth-order valence-corrected chi connectivity index (χ4v) is 3.46. The van der Waals surface area contributed by atoms with Gasteiger partial charge in [0.2, 0.25) is 0 Å². The summed E-state index contributed by atoms with van der Waals surface area (Å²) in [5.41, 5.74) is 0. The number of rotatable bonds is 4. The first-order chi connectivity index (χ1) is 7.86. The Morgan fingerprint density at radius 3 is 2.50 bits per heavy atom. The SMILES string of the molecule is N#CC1CCCC1N(CCO)C1CCCC1. The molecule has 0 radical (unpaired) electrons. The predicted molar refractivity (Wildman–Crippen MR) is 62.8 cm³/mol. The van der Waals surface area contributed by atoms with E-state index in [1.807, 2.05) is 0 Å². The predicted octanol–water partition coefficient (Wildman–Crippen LogP) is 1.92. The van der Waals surface area contributed by atoms with Crippen molar-refractivity contribution >= 4 is 0 Å². The van der Waals surface area contributed by atoms with E-state index < -0.39 is 0 Å². The van der Waals surface area contributed by atoms with Gasteiger partial charge in [0.1, 0.15) is 0 Å². The van der Waals surface area contributed by atoms with E-state index in [-0.39, 0.29) is 12.5 Å². The number of nitriles is 1. The van der Waals surface area contributed by atoms with Crippen LogP contribution < -0.4 is 0 Å². The van der Waals surface area contributed by atoms with Crippen molar-refractivity contribution in [3.63, 3.8) is 0 Å². The summed E-state index contributed by atoms with van der Waals surface area (Å²) in [6, 6.07) is 3.50. The van der Waals surface area contributed by atoms with E-state index in [1.54, 1.807) is 0 Å². The lowest BCUT2D eigenvalue weighted by molar-refractivity contribution is 0.0938. The van der Waals surface area contributed by atoms with Crippen LogP contribution in [0.1, 0.15) is 44.9 Å². The summed E-state index contributed by atoms with van der Waals surface area (Å²) >= 11 is 0. The van der Waals surface area contributed by atoms with Crippen LogP contribution in [0, 0.1) is 17.2 Å². The first-order valence-corrected chi connectivity index (χ1v) is 6.63. The second-order valence-electron chi connectivity index (χ2n) is 5.13. The lowest BCUT2D eigenvalue weighted by Crippen LogP contribution is -2.45. The molecule has 3 nitrogen and oxygen atoms in total. The van der Waals surface area contributed by atoms with Crippen LogP contribution >= 0.6 is 0 Å². The van der Waals surface area contributed by atoms with Crippen LogP contribution in [0.3, 0.4) is 0 Å². The summed E-state index contributed by atoms with van der Waals surface area (Å²) < 4.78 is 0. The molecule has 2 atom stereocenters. The highest BCUT2D eigenvalue weighted by molar-refractivity contribution is 4.99. The number of nitrogens with zero attached hydrogens (tertiary/aromatic N) is 2. The molecule has 0 heterocycles. The number of hydrogen-bond acceptors (Lipinski definition) is 3. The van der Waals surface area contributed by atoms with Crippen molar-refractivity contribution in [3.8, 4) is 6.07 Å². The van der Waals surface area contributed by atoms with Gasteiger partial charge in [0, 0.05) is 18.6 Å². The van der Waals surface area contributed by atoms with Crippen molar-refractivity contribution in [3.05, 3.63) is 0 Å². The third-order valence-corrected chi connectivity index (χ3v) is 4.22. The van der Waals surface area contributed by atoms with E-state index in [0.29, 0.717) is 12.1 Å². The van der Waals surface area contributed by atoms with E-state index >= 15 is 0 Å². The van der Waals surface area contributed by atoms with Crippen molar-refractivity contribution < 1.29 is 5.11 Å². The van der Waals surface area contributed by atoms with Gasteiger partial charge in [0.25, 0.3) is 0 Å². The van der Waals surface area contributed by atoms with Gasteiger partial charge in [-0.15, -0.1) is 0 Å². The Balaban J connectivity index is 2.02. The van der Waals surface area contributed by atoms with E-state index in [9.17, 15) is 5.11 Å². The summed E-state index contributed by atoms with van der Waals surface area (Å²) in [6.07, 6.45) is 8.53. The van der Waals surface area contributed by atoms with Crippen molar-refractivity contribution in [1.29, 1.82) is 5.26 Å². The molecule has 0 saturated heterocycles. The van der Waals surface area contributed by atoms with Gasteiger partial charge in [-0.1, -0.05) is 19.3 Å². The van der Waals surface area contributed by atoms with Gasteiger partial charge in [0.15, 0.2) is 0 Å². The molecule has 2 fully saturated rings. The van der Waals surface area contributed by atoms with Crippen LogP contribution in [-0.2, 0) is 0 Å². The monoisotopic (exact) mass is 222 g/mol. The summed E-state index contributed by atoms with van der Waals surface area (Å²) in [4.78, 5) is 2.44. The summed E-state index contributed by atoms with van der Waals surface area (Å²) in [6.45, 7) is 0.985. The maximum absolute atomic E-state index is 9.19. The molecule has 2 unspecified atom stereocenters. The lowest BCUT2D eigenvalue weighted by Gasteiger charge is -2.35. The Morgan fingerprint density at radius 1 is 1.12 bits per heavy atom. The molecule has 0 bridgehead atoms. The van der Waals surface area contributed by atoms with Crippen LogP contribution in [0.5, 0.6) is 0 Å². The smallest absolute Gasteiger partial charge is 0.0672 e. The fraction of sp³-hybridized carbons (Fsp3) is 0.923. The van der Waals surface area contributed by atoms with Crippen molar-refractivity contribution in [1.82, 2.24) is 4.90 Å². The third kappa shape index (κ3) is 2.39. The minimum Gasteiger partial charge on any atom is -0.395 e. The van der Waals surface area contributed by atoms with Gasteiger partial charge in [-0.25, -0.2) is 0 Å². The van der Waals surface area contributed by atoms with Gasteiger partial charge < -0.3 is 5.11 Å². The molecular formula is C13H22N2O. The molecule has 0 aromatic carbocycles. The van der Waals surface area contributed by atoms with Crippen molar-refractivity contribution in [2.45, 2.75) is 57.0 Å². The molecule has 1 N–H and O–H groups in total. The highest BCUT2D eigenvalue weighted by Crippen LogP contribution is 2.34. The Morgan fingerprint density at radius 2 is 1.88 bits per heavy atom. The second kappa shape index (κ2) is 5.65. The molecular weight excluding hydrogens is 200 g/mol. The van der Waals surface area contributed by atoms with Gasteiger partial charge in [-0.05, 0) is 25.7 Å². The Bertz CT molecular complexity index is 255. The van der Waals surface area contributed by atoms with Crippen LogP contribution in [0.25, 0.3) is 0 Å². The fourth-order valence-electron chi connectivity index (χ4n) is 3.46. The standard InChI is InChI=1S/C13H22N2O/c14-10-11-4-3-7-13(11)15(8-9-16)12-5-1-2-6-12/h11-13,16H,1-9H2. The molecule has 0 aliphatic heterocycles. The highest BCUT2D eigenvalue weighted by atomic mass is 16.3. The molecule has 0 aromatic rings. The minimum absolute atomic E-state index is 0.201. The summed E-state index contributed by atoms with van der Waals surface area (Å²) in [5, 5.41) is 18.3. The number of hydrogen-bond donors (Lipinski definition) is 1. The first-order valence-electron chi connectivity index (χ1n) is 6.63. The summed E-state index contributed by atoms with van der Waals surface area (Å²) in [7, 11) is 0. The second-order valence-corrected chi connectivity index (χ2v) is 5.13. The summed E-state index contributed by atoms with van der Waals surface area (Å²) in [5.74, 6) is 0.201. The van der Waals surface area contributed by atoms with Crippen LogP contribution in [-0.4, -0.2) is 35.2 Å². The normalized spacial score (nSPS) is 31.1. The van der Waals surface area contributed by atoms with Gasteiger partial charge in [-0.3, -0.25) is 4.90 Å². The van der Waals surface area contributed by atoms with E-state index in [4.69, 9.17) is 5.26 Å². The number of aliphatic hydroxyl groups excluding tert-OH is 1. The molecule has 2 aliphatic carbocycles. The Hall–Kier alpha value is -0.590. The van der Waals surface area contributed by atoms with Gasteiger partial charge in [0.05, 0.1) is 18.6 Å². The zero-order valence-electron chi connectivity index (χ0n) is 9.94. The number of aliphatic hydroxyl groups is 1. The lowest BCUT2D eigenvalue weighted by atomic mass is 10.0. The molecule has 2 aliphatic rings. The Kier molecular flexibility index (Phi) is 4.20. The Labute approximate surface area is 98.1 Å². The van der Waals surface area contributed by atoms with Gasteiger partial charge >= 0.3 is 0 Å². The van der Waals surface area contributed by atoms with Crippen molar-refractivity contribution in [2.75, 3.05) is 13.2 Å². The average molecular weight is 222 g/mol. The van der Waals surface area contributed by atoms with Gasteiger partial charge in [-0.2, -0.15) is 5.26 Å². The zero-order valence-corrected chi connectivity index (χ0v) is 9.94. The van der Waals surface area contributed by atoms with Crippen LogP contribution in [0.2, 0.25) is 0 Å². The quantitative estimate of drug-likeness (QED) is 0.790. The first kappa shape index (κ1) is 11.9.